The molecule has 0 unspecified atom stereocenters. The molecule has 0 heterocycles. The Kier molecular flexibility index (Phi) is 56.0. The van der Waals surface area contributed by atoms with Crippen LogP contribution >= 0.6 is 18.1 Å². The van der Waals surface area contributed by atoms with Gasteiger partial charge in [-0.25, -0.2) is 0 Å². The Morgan fingerprint density at radius 1 is 1.40 bits per heavy atom. The van der Waals surface area contributed by atoms with Gasteiger partial charge in [0.1, 0.15) is 0 Å². The molecule has 5 heavy (non-hydrogen) atoms. The molecule has 0 saturated heterocycles. The van der Waals surface area contributed by atoms with Gasteiger partial charge in [-0.05, 0) is 0 Å². The Balaban J connectivity index is -0.00000000667. The van der Waals surface area contributed by atoms with Gasteiger partial charge in [0.05, 0.1) is 0 Å². The fraction of sp³-hybridized carbons (Fsp3) is 0. The molecule has 0 aromatic heterocycles. The minimum absolute atomic E-state index is 0. The summed E-state index contributed by atoms with van der Waals surface area (Å²) in [6.07, 6.45) is 0. The van der Waals surface area contributed by atoms with E-state index in [1.807, 2.05) is 0 Å². The molecule has 0 bridgehead atoms. The monoisotopic (exact) mass is 148 g/mol. The molecule has 0 aromatic carbocycles. The minimum Gasteiger partial charge on any atom is -1.00 e. The van der Waals surface area contributed by atoms with Crippen LogP contribution in [-0.4, -0.2) is 23.6 Å². The molecule has 0 aromatic rings. The molecule has 0 aliphatic heterocycles. The van der Waals surface area contributed by atoms with Gasteiger partial charge in [0.2, 0.25) is 0 Å². The molecule has 0 amide bonds. The smallest absolute Gasteiger partial charge is 1.00 e. The van der Waals surface area contributed by atoms with Gasteiger partial charge in [-0.15, -0.1) is 0 Å². The van der Waals surface area contributed by atoms with Crippen LogP contribution in [0.15, 0.2) is 0 Å². The largest absolute Gasteiger partial charge is 1.00 e. The van der Waals surface area contributed by atoms with Crippen LogP contribution in [0.4, 0.5) is 0 Å². The first kappa shape index (κ1) is 16.0. The normalized spacial score (nSPS) is 2.00. The lowest BCUT2D eigenvalue weighted by Crippen LogP contribution is -3.00. The summed E-state index contributed by atoms with van der Waals surface area (Å²) < 4.78 is 0. The second-order valence-electron chi connectivity index (χ2n) is 0.101. The van der Waals surface area contributed by atoms with E-state index in [4.69, 9.17) is 18.1 Å². The van der Waals surface area contributed by atoms with E-state index in [2.05, 4.69) is 0 Å². The first-order valence-electron chi connectivity index (χ1n) is 0.535. The summed E-state index contributed by atoms with van der Waals surface area (Å²) >= 11 is -0.639. The van der Waals surface area contributed by atoms with Crippen molar-refractivity contribution in [2.75, 3.05) is 0 Å². The third-order valence-corrected chi connectivity index (χ3v) is 0. The Morgan fingerprint density at radius 2 is 1.40 bits per heavy atom. The number of hydrogen-bond donors (Lipinski definition) is 0. The van der Waals surface area contributed by atoms with Gasteiger partial charge in [-0.3, -0.25) is 0 Å². The molecular weight excluding hydrogens is 147 g/mol. The first-order valence-corrected chi connectivity index (χ1v) is 4.81. The van der Waals surface area contributed by atoms with Crippen LogP contribution in [0.3, 0.4) is 0 Å². The third-order valence-electron chi connectivity index (χ3n) is 0. The molecule has 0 saturated carbocycles. The predicted octanol–water partition coefficient (Wildman–Crippen LogP) is -2.71. The Bertz CT molecular complexity index is 10.8. The average Bonchev–Trinajstić information content (AvgIpc) is 0.918. The standard InChI is InChI=1S/3ClH.Mg.H2O/h3*1H;;1H2/q;;;+2;/p-2. The number of rotatable bonds is 0. The minimum atomic E-state index is -0.639. The van der Waals surface area contributed by atoms with Crippen LogP contribution in [0.25, 0.3) is 0 Å². The van der Waals surface area contributed by atoms with E-state index in [1.54, 1.807) is 0 Å². The van der Waals surface area contributed by atoms with Crippen molar-refractivity contribution in [1.29, 1.82) is 0 Å². The molecule has 32 valence electrons. The van der Waals surface area contributed by atoms with Crippen LogP contribution in [0.2, 0.25) is 0 Å². The van der Waals surface area contributed by atoms with Crippen molar-refractivity contribution in [1.82, 2.24) is 0 Å². The quantitative estimate of drug-likeness (QED) is 0.336. The maximum absolute atomic E-state index is 4.90. The highest BCUT2D eigenvalue weighted by molar-refractivity contribution is 7.22. The van der Waals surface area contributed by atoms with Crippen LogP contribution in [0.5, 0.6) is 0 Å². The molecule has 5 heteroatoms. The fourth-order valence-electron chi connectivity index (χ4n) is 0. The molecule has 1 nitrogen and oxygen atoms in total. The molecule has 0 spiro atoms. The van der Waals surface area contributed by atoms with Crippen LogP contribution in [0.1, 0.15) is 1.43 Å². The van der Waals surface area contributed by atoms with Crippen molar-refractivity contribution in [3.8, 4) is 0 Å². The van der Waals surface area contributed by atoms with E-state index < -0.39 is 18.2 Å². The molecule has 0 atom stereocenters. The van der Waals surface area contributed by atoms with Crippen molar-refractivity contribution >= 4 is 36.3 Å². The number of hydrogen-bond acceptors (Lipinski definition) is 0. The summed E-state index contributed by atoms with van der Waals surface area (Å²) in [6, 6.07) is 0. The first-order chi connectivity index (χ1) is 1.41. The summed E-state index contributed by atoms with van der Waals surface area (Å²) in [7, 11) is 9.81. The highest BCUT2D eigenvalue weighted by atomic mass is 35.6. The topological polar surface area (TPSA) is 31.5 Å². The van der Waals surface area contributed by atoms with E-state index in [-0.39, 0.29) is 19.3 Å². The van der Waals surface area contributed by atoms with Gasteiger partial charge < -0.3 is 36.0 Å². The molecule has 2 N–H and O–H groups in total. The van der Waals surface area contributed by atoms with Crippen molar-refractivity contribution in [3.05, 3.63) is 0 Å². The highest BCUT2D eigenvalue weighted by Gasteiger charge is 1.64. The zero-order valence-corrected chi connectivity index (χ0v) is 6.02. The van der Waals surface area contributed by atoms with E-state index in [0.717, 1.165) is 0 Å². The Labute approximate surface area is 55.5 Å². The van der Waals surface area contributed by atoms with Crippen LogP contribution < -0.4 is 12.4 Å². The van der Waals surface area contributed by atoms with E-state index >= 15 is 0 Å². The van der Waals surface area contributed by atoms with Gasteiger partial charge in [0, 0.05) is 0 Å². The lowest BCUT2D eigenvalue weighted by atomic mass is 16.0. The zero-order valence-electron chi connectivity index (χ0n) is 3.34. The second kappa shape index (κ2) is 17.5. The summed E-state index contributed by atoms with van der Waals surface area (Å²) in [5, 5.41) is 0. The van der Waals surface area contributed by atoms with Gasteiger partial charge in [0.25, 0.3) is 0 Å². The van der Waals surface area contributed by atoms with E-state index in [1.165, 1.54) is 0 Å². The fourth-order valence-corrected chi connectivity index (χ4v) is 0. The SMILES string of the molecule is O.[Cl-].[Cl][Mg][Cl].[H+]. The highest BCUT2D eigenvalue weighted by Crippen LogP contribution is 1.67. The summed E-state index contributed by atoms with van der Waals surface area (Å²) in [5.41, 5.74) is 0. The van der Waals surface area contributed by atoms with Crippen molar-refractivity contribution in [2.45, 2.75) is 0 Å². The lowest BCUT2D eigenvalue weighted by molar-refractivity contribution is -0.00000163. The van der Waals surface area contributed by atoms with Gasteiger partial charge in [-0.1, -0.05) is 0 Å². The molecule has 0 aliphatic rings. The van der Waals surface area contributed by atoms with E-state index in [0.29, 0.717) is 0 Å². The summed E-state index contributed by atoms with van der Waals surface area (Å²) in [5.74, 6) is 0. The molecule has 0 fully saturated rings. The van der Waals surface area contributed by atoms with Gasteiger partial charge in [0.15, 0.2) is 0 Å². The summed E-state index contributed by atoms with van der Waals surface area (Å²) in [4.78, 5) is 0. The van der Waals surface area contributed by atoms with Crippen LogP contribution in [-0.2, 0) is 0 Å². The maximum Gasteiger partial charge on any atom is 1.00 e. The molecule has 0 rings (SSSR count). The van der Waals surface area contributed by atoms with Gasteiger partial charge in [-0.2, -0.15) is 0 Å². The van der Waals surface area contributed by atoms with E-state index in [9.17, 15) is 0 Å². The Hall–Kier alpha value is 1.60. The Morgan fingerprint density at radius 3 is 1.40 bits per heavy atom. The maximum atomic E-state index is 4.90. The van der Waals surface area contributed by atoms with Crippen LogP contribution in [0, 0.1) is 0 Å². The summed E-state index contributed by atoms with van der Waals surface area (Å²) in [6.45, 7) is 0. The van der Waals surface area contributed by atoms with Crippen molar-refractivity contribution in [2.24, 2.45) is 0 Å². The molecular formula is H3Cl3MgO. The molecule has 0 radical (unpaired) electrons. The van der Waals surface area contributed by atoms with Crippen molar-refractivity contribution in [3.63, 3.8) is 0 Å². The second-order valence-corrected chi connectivity index (χ2v) is 2.73. The zero-order chi connectivity index (χ0) is 2.71. The number of halogens is 3. The third kappa shape index (κ3) is 28.4. The average molecular weight is 150 g/mol. The van der Waals surface area contributed by atoms with Gasteiger partial charge >= 0.3 is 19.6 Å². The van der Waals surface area contributed by atoms with Crippen molar-refractivity contribution < 1.29 is 19.3 Å². The lowest BCUT2D eigenvalue weighted by Gasteiger charge is -1.33. The predicted molar refractivity (Wildman–Crippen MR) is 22.2 cm³/mol. The molecule has 0 aliphatic carbocycles.